The molecule has 1 saturated carbocycles. The quantitative estimate of drug-likeness (QED) is 0.941. The largest absolute Gasteiger partial charge is 0.504 e. The molecule has 7 heteroatoms. The molecule has 0 spiro atoms. The number of aromatic nitrogens is 2. The van der Waals surface area contributed by atoms with Gasteiger partial charge in [-0.1, -0.05) is 24.3 Å². The molecule has 0 bridgehead atoms. The van der Waals surface area contributed by atoms with Gasteiger partial charge in [-0.3, -0.25) is 4.79 Å². The van der Waals surface area contributed by atoms with Crippen molar-refractivity contribution in [3.05, 3.63) is 42.2 Å². The number of hydrogen-bond acceptors (Lipinski definition) is 2. The minimum Gasteiger partial charge on any atom is -0.481 e. The lowest BCUT2D eigenvalue weighted by Crippen LogP contribution is -2.18. The van der Waals surface area contributed by atoms with E-state index in [9.17, 15) is 23.1 Å². The fourth-order valence-corrected chi connectivity index (χ4v) is 2.54. The summed E-state index contributed by atoms with van der Waals surface area (Å²) in [5.74, 6) is -0.853. The molecule has 0 atom stereocenters. The number of rotatable bonds is 4. The Hall–Kier alpha value is -2.31. The highest BCUT2D eigenvalue weighted by Gasteiger charge is 2.50. The fraction of sp³-hybridized carbons (Fsp3) is 0.333. The van der Waals surface area contributed by atoms with Crippen LogP contribution in [0.2, 0.25) is 0 Å². The van der Waals surface area contributed by atoms with Crippen LogP contribution in [-0.4, -0.2) is 20.9 Å². The smallest absolute Gasteiger partial charge is 0.481 e. The van der Waals surface area contributed by atoms with Gasteiger partial charge in [-0.15, -0.1) is 13.2 Å². The average molecular weight is 310 g/mol. The van der Waals surface area contributed by atoms with Crippen molar-refractivity contribution in [2.75, 3.05) is 0 Å². The molecule has 22 heavy (non-hydrogen) atoms. The second-order valence-corrected chi connectivity index (χ2v) is 5.56. The maximum absolute atomic E-state index is 12.6. The molecule has 1 N–H and O–H groups in total. The molecule has 116 valence electrons. The lowest BCUT2D eigenvalue weighted by atomic mass is 9.91. The van der Waals surface area contributed by atoms with E-state index in [0.717, 1.165) is 18.0 Å². The van der Waals surface area contributed by atoms with Gasteiger partial charge in [0.25, 0.3) is 0 Å². The molecule has 4 nitrogen and oxygen atoms in total. The summed E-state index contributed by atoms with van der Waals surface area (Å²) in [6, 6.07) is 6.91. The summed E-state index contributed by atoms with van der Waals surface area (Å²) in [6.45, 7) is 0. The van der Waals surface area contributed by atoms with Crippen LogP contribution >= 0.6 is 0 Å². The third-order valence-corrected chi connectivity index (χ3v) is 4.01. The summed E-state index contributed by atoms with van der Waals surface area (Å²) in [5, 5.41) is 12.6. The summed E-state index contributed by atoms with van der Waals surface area (Å²) in [4.78, 5) is 11.3. The van der Waals surface area contributed by atoms with Crippen molar-refractivity contribution in [2.24, 2.45) is 5.41 Å². The molecule has 0 saturated heterocycles. The van der Waals surface area contributed by atoms with E-state index in [2.05, 4.69) is 5.10 Å². The third-order valence-electron chi connectivity index (χ3n) is 4.01. The molecule has 1 aliphatic carbocycles. The molecule has 3 rings (SSSR count). The zero-order chi connectivity index (χ0) is 16.0. The van der Waals surface area contributed by atoms with Gasteiger partial charge in [-0.2, -0.15) is 9.78 Å². The van der Waals surface area contributed by atoms with Crippen LogP contribution in [0.3, 0.4) is 0 Å². The monoisotopic (exact) mass is 310 g/mol. The van der Waals surface area contributed by atoms with Crippen LogP contribution in [0.1, 0.15) is 18.4 Å². The van der Waals surface area contributed by atoms with Gasteiger partial charge in [0.1, 0.15) is 0 Å². The molecule has 1 aliphatic rings. The Morgan fingerprint density at radius 1 is 1.32 bits per heavy atom. The van der Waals surface area contributed by atoms with Crippen molar-refractivity contribution >= 4 is 5.97 Å². The number of carboxylic acids is 1. The number of benzene rings is 1. The van der Waals surface area contributed by atoms with Crippen LogP contribution < -0.4 is 0 Å². The second-order valence-electron chi connectivity index (χ2n) is 5.56. The fourth-order valence-electron chi connectivity index (χ4n) is 2.54. The van der Waals surface area contributed by atoms with E-state index < -0.39 is 17.7 Å². The predicted molar refractivity (Wildman–Crippen MR) is 72.0 cm³/mol. The zero-order valence-corrected chi connectivity index (χ0v) is 11.5. The van der Waals surface area contributed by atoms with Gasteiger partial charge < -0.3 is 5.11 Å². The first kappa shape index (κ1) is 14.6. The molecular weight excluding hydrogens is 297 g/mol. The van der Waals surface area contributed by atoms with E-state index in [4.69, 9.17) is 0 Å². The van der Waals surface area contributed by atoms with Crippen molar-refractivity contribution in [3.63, 3.8) is 0 Å². The van der Waals surface area contributed by atoms with Gasteiger partial charge in [0.2, 0.25) is 0 Å². The standard InChI is InChI=1S/C15H13F3N2O2/c16-15(17,18)20-9-11(8-19-20)12-4-2-1-3-10(12)7-14(5-6-14)13(21)22/h1-4,8-9H,5-7H2,(H,21,22). The Balaban J connectivity index is 1.95. The van der Waals surface area contributed by atoms with E-state index in [1.165, 1.54) is 0 Å². The topological polar surface area (TPSA) is 55.1 Å². The highest BCUT2D eigenvalue weighted by molar-refractivity contribution is 5.79. The van der Waals surface area contributed by atoms with Crippen LogP contribution in [0, 0.1) is 5.41 Å². The number of hydrogen-bond donors (Lipinski definition) is 1. The van der Waals surface area contributed by atoms with Gasteiger partial charge >= 0.3 is 12.3 Å². The van der Waals surface area contributed by atoms with Gasteiger partial charge in [-0.05, 0) is 30.4 Å². The molecule has 1 aromatic heterocycles. The zero-order valence-electron chi connectivity index (χ0n) is 11.5. The van der Waals surface area contributed by atoms with Gasteiger partial charge in [-0.25, -0.2) is 0 Å². The van der Waals surface area contributed by atoms with Crippen molar-refractivity contribution in [3.8, 4) is 11.1 Å². The number of halogens is 3. The molecule has 1 fully saturated rings. The molecule has 0 radical (unpaired) electrons. The average Bonchev–Trinajstić information content (AvgIpc) is 3.05. The normalized spacial score (nSPS) is 16.5. The summed E-state index contributed by atoms with van der Waals surface area (Å²) in [5.41, 5.74) is 0.875. The molecule has 0 amide bonds. The Morgan fingerprint density at radius 3 is 2.55 bits per heavy atom. The molecule has 0 aliphatic heterocycles. The van der Waals surface area contributed by atoms with E-state index in [1.807, 2.05) is 0 Å². The maximum Gasteiger partial charge on any atom is 0.504 e. The Labute approximate surface area is 124 Å². The van der Waals surface area contributed by atoms with E-state index in [-0.39, 0.29) is 4.68 Å². The lowest BCUT2D eigenvalue weighted by Gasteiger charge is -2.13. The van der Waals surface area contributed by atoms with E-state index in [0.29, 0.717) is 30.4 Å². The molecule has 1 aromatic carbocycles. The Morgan fingerprint density at radius 2 is 2.00 bits per heavy atom. The van der Waals surface area contributed by atoms with Gasteiger partial charge in [0.05, 0.1) is 11.6 Å². The van der Waals surface area contributed by atoms with Gasteiger partial charge in [0.15, 0.2) is 0 Å². The highest BCUT2D eigenvalue weighted by Crippen LogP contribution is 2.49. The molecule has 1 heterocycles. The predicted octanol–water partition coefficient (Wildman–Crippen LogP) is 3.43. The minimum atomic E-state index is -4.56. The molecule has 2 aromatic rings. The molecular formula is C15H13F3N2O2. The maximum atomic E-state index is 12.6. The summed E-state index contributed by atoms with van der Waals surface area (Å²) >= 11 is 0. The SMILES string of the molecule is O=C(O)C1(Cc2ccccc2-c2cnn(C(F)(F)F)c2)CC1. The van der Waals surface area contributed by atoms with Crippen LogP contribution in [0.25, 0.3) is 11.1 Å². The van der Waals surface area contributed by atoms with Crippen molar-refractivity contribution in [2.45, 2.75) is 25.6 Å². The lowest BCUT2D eigenvalue weighted by molar-refractivity contribution is -0.212. The first-order valence-electron chi connectivity index (χ1n) is 6.75. The first-order valence-corrected chi connectivity index (χ1v) is 6.75. The van der Waals surface area contributed by atoms with Crippen molar-refractivity contribution < 1.29 is 23.1 Å². The number of aliphatic carboxylic acids is 1. The van der Waals surface area contributed by atoms with Crippen LogP contribution in [0.5, 0.6) is 0 Å². The van der Waals surface area contributed by atoms with Crippen LogP contribution in [-0.2, 0) is 17.5 Å². The Kier molecular flexibility index (Phi) is 3.23. The summed E-state index contributed by atoms with van der Waals surface area (Å²) < 4.78 is 37.8. The first-order chi connectivity index (χ1) is 10.3. The Bertz CT molecular complexity index is 718. The third kappa shape index (κ3) is 2.58. The highest BCUT2D eigenvalue weighted by atomic mass is 19.4. The van der Waals surface area contributed by atoms with Crippen molar-refractivity contribution in [1.82, 2.24) is 9.78 Å². The number of carboxylic acid groups (broad SMARTS) is 1. The summed E-state index contributed by atoms with van der Waals surface area (Å²) in [6.07, 6.45) is -0.996. The van der Waals surface area contributed by atoms with E-state index >= 15 is 0 Å². The molecule has 0 unspecified atom stereocenters. The minimum absolute atomic E-state index is 0.0524. The van der Waals surface area contributed by atoms with E-state index in [1.54, 1.807) is 24.3 Å². The second kappa shape index (κ2) is 4.86. The van der Waals surface area contributed by atoms with Crippen molar-refractivity contribution in [1.29, 1.82) is 0 Å². The van der Waals surface area contributed by atoms with Crippen LogP contribution in [0.15, 0.2) is 36.7 Å². The number of carbonyl (C=O) groups is 1. The van der Waals surface area contributed by atoms with Gasteiger partial charge in [0, 0.05) is 11.8 Å². The van der Waals surface area contributed by atoms with Crippen LogP contribution in [0.4, 0.5) is 13.2 Å². The number of alkyl halides is 3. The summed E-state index contributed by atoms with van der Waals surface area (Å²) in [7, 11) is 0. The number of nitrogens with zero attached hydrogens (tertiary/aromatic N) is 2.